The average molecular weight is 311 g/mol. The molecule has 0 spiro atoms. The number of nitrogens with one attached hydrogen (secondary N) is 1. The van der Waals surface area contributed by atoms with Crippen LogP contribution in [0.3, 0.4) is 0 Å². The van der Waals surface area contributed by atoms with Crippen molar-refractivity contribution < 1.29 is 9.90 Å². The van der Waals surface area contributed by atoms with Crippen LogP contribution < -0.4 is 5.32 Å². The fraction of sp³-hybridized carbons (Fsp3) is 0.667. The molecule has 0 saturated heterocycles. The Morgan fingerprint density at radius 2 is 2.15 bits per heavy atom. The van der Waals surface area contributed by atoms with E-state index in [0.717, 1.165) is 48.5 Å². The molecule has 0 bridgehead atoms. The summed E-state index contributed by atoms with van der Waals surface area (Å²) in [5.74, 6) is 2.17. The molecule has 3 nitrogen and oxygen atoms in total. The molecular weight excluding hydrogens is 290 g/mol. The molecule has 1 aliphatic carbocycles. The maximum Gasteiger partial charge on any atom is 0.261 e. The maximum atomic E-state index is 12.2. The molecule has 1 aromatic heterocycles. The highest BCUT2D eigenvalue weighted by Crippen LogP contribution is 2.32. The van der Waals surface area contributed by atoms with Gasteiger partial charge in [-0.1, -0.05) is 19.3 Å². The number of carbonyl (C=O) groups is 1. The Bertz CT molecular complexity index is 469. The van der Waals surface area contributed by atoms with Crippen LogP contribution in [0.2, 0.25) is 0 Å². The summed E-state index contributed by atoms with van der Waals surface area (Å²) in [7, 11) is 0. The number of aliphatic hydroxyl groups is 1. The summed E-state index contributed by atoms with van der Waals surface area (Å²) in [6.45, 7) is 0.392. The zero-order valence-electron chi connectivity index (χ0n) is 11.6. The second kappa shape index (κ2) is 6.08. The standard InChI is InChI=1S/C15H21NO2S2/c17-14(16-10-15(18)5-2-1-3-6-15)13-8-11-9-19-7-4-12(11)20-13/h8,18H,1-7,9-10H2,(H,16,17). The van der Waals surface area contributed by atoms with E-state index >= 15 is 0 Å². The summed E-state index contributed by atoms with van der Waals surface area (Å²) >= 11 is 3.55. The van der Waals surface area contributed by atoms with Gasteiger partial charge >= 0.3 is 0 Å². The third kappa shape index (κ3) is 3.21. The third-order valence-electron chi connectivity index (χ3n) is 4.21. The lowest BCUT2D eigenvalue weighted by Crippen LogP contribution is -2.44. The minimum absolute atomic E-state index is 0.0200. The Hall–Kier alpha value is -0.520. The summed E-state index contributed by atoms with van der Waals surface area (Å²) in [5.41, 5.74) is 0.647. The molecule has 0 atom stereocenters. The van der Waals surface area contributed by atoms with Crippen LogP contribution in [0.4, 0.5) is 0 Å². The lowest BCUT2D eigenvalue weighted by Gasteiger charge is -2.32. The molecule has 0 aromatic carbocycles. The van der Waals surface area contributed by atoms with Crippen LogP contribution in [0, 0.1) is 0 Å². The van der Waals surface area contributed by atoms with E-state index in [1.54, 1.807) is 11.3 Å². The number of thiophene rings is 1. The highest BCUT2D eigenvalue weighted by atomic mass is 32.2. The van der Waals surface area contributed by atoms with E-state index in [9.17, 15) is 9.90 Å². The molecule has 0 radical (unpaired) electrons. The first kappa shape index (κ1) is 14.4. The number of rotatable bonds is 3. The largest absolute Gasteiger partial charge is 0.388 e. The van der Waals surface area contributed by atoms with Gasteiger partial charge in [-0.2, -0.15) is 11.8 Å². The lowest BCUT2D eigenvalue weighted by molar-refractivity contribution is 0.00529. The van der Waals surface area contributed by atoms with E-state index in [1.165, 1.54) is 16.9 Å². The van der Waals surface area contributed by atoms with Crippen LogP contribution in [0.1, 0.15) is 52.2 Å². The van der Waals surface area contributed by atoms with Gasteiger partial charge in [0, 0.05) is 17.2 Å². The van der Waals surface area contributed by atoms with Gasteiger partial charge in [0.1, 0.15) is 0 Å². The van der Waals surface area contributed by atoms with Gasteiger partial charge in [-0.3, -0.25) is 4.79 Å². The van der Waals surface area contributed by atoms with Crippen molar-refractivity contribution in [3.8, 4) is 0 Å². The van der Waals surface area contributed by atoms with Crippen molar-refractivity contribution in [2.75, 3.05) is 12.3 Å². The summed E-state index contributed by atoms with van der Waals surface area (Å²) in [4.78, 5) is 14.4. The van der Waals surface area contributed by atoms with Crippen molar-refractivity contribution in [3.05, 3.63) is 21.4 Å². The van der Waals surface area contributed by atoms with Crippen LogP contribution in [-0.2, 0) is 12.2 Å². The molecule has 0 unspecified atom stereocenters. The minimum Gasteiger partial charge on any atom is -0.388 e. The fourth-order valence-electron chi connectivity index (χ4n) is 2.98. The van der Waals surface area contributed by atoms with Crippen molar-refractivity contribution in [2.45, 2.75) is 49.9 Å². The highest BCUT2D eigenvalue weighted by Gasteiger charge is 2.29. The van der Waals surface area contributed by atoms with Gasteiger partial charge in [0.25, 0.3) is 5.91 Å². The van der Waals surface area contributed by atoms with E-state index in [0.29, 0.717) is 6.54 Å². The zero-order chi connectivity index (χ0) is 14.0. The van der Waals surface area contributed by atoms with Crippen molar-refractivity contribution in [2.24, 2.45) is 0 Å². The molecule has 20 heavy (non-hydrogen) atoms. The Kier molecular flexibility index (Phi) is 4.38. The van der Waals surface area contributed by atoms with E-state index in [4.69, 9.17) is 0 Å². The van der Waals surface area contributed by atoms with Gasteiger partial charge in [-0.15, -0.1) is 11.3 Å². The fourth-order valence-corrected chi connectivity index (χ4v) is 5.27. The monoisotopic (exact) mass is 311 g/mol. The van der Waals surface area contributed by atoms with Crippen LogP contribution in [0.15, 0.2) is 6.07 Å². The number of hydrogen-bond donors (Lipinski definition) is 2. The first-order valence-corrected chi connectivity index (χ1v) is 9.33. The second-order valence-electron chi connectivity index (χ2n) is 5.83. The molecular formula is C15H21NO2S2. The zero-order valence-corrected chi connectivity index (χ0v) is 13.2. The molecule has 2 N–H and O–H groups in total. The molecule has 2 aliphatic rings. The van der Waals surface area contributed by atoms with Crippen molar-refractivity contribution in [1.29, 1.82) is 0 Å². The summed E-state index contributed by atoms with van der Waals surface area (Å²) in [6.07, 6.45) is 6.04. The normalized spacial score (nSPS) is 21.2. The van der Waals surface area contributed by atoms with Gasteiger partial charge in [-0.25, -0.2) is 0 Å². The summed E-state index contributed by atoms with van der Waals surface area (Å²) in [6, 6.07) is 2.03. The van der Waals surface area contributed by atoms with E-state index in [1.807, 2.05) is 17.8 Å². The van der Waals surface area contributed by atoms with Gasteiger partial charge in [0.15, 0.2) is 0 Å². The highest BCUT2D eigenvalue weighted by molar-refractivity contribution is 7.98. The molecule has 1 aromatic rings. The van der Waals surface area contributed by atoms with Crippen molar-refractivity contribution in [3.63, 3.8) is 0 Å². The quantitative estimate of drug-likeness (QED) is 0.902. The molecule has 3 rings (SSSR count). The van der Waals surface area contributed by atoms with Crippen molar-refractivity contribution >= 4 is 29.0 Å². The van der Waals surface area contributed by atoms with Crippen LogP contribution in [-0.4, -0.2) is 28.9 Å². The van der Waals surface area contributed by atoms with Crippen molar-refractivity contribution in [1.82, 2.24) is 5.32 Å². The topological polar surface area (TPSA) is 49.3 Å². The molecule has 110 valence electrons. The van der Waals surface area contributed by atoms with Crippen LogP contribution in [0.25, 0.3) is 0 Å². The number of fused-ring (bicyclic) bond motifs is 1. The molecule has 1 aliphatic heterocycles. The molecule has 1 fully saturated rings. The maximum absolute atomic E-state index is 12.2. The molecule has 5 heteroatoms. The number of hydrogen-bond acceptors (Lipinski definition) is 4. The van der Waals surface area contributed by atoms with Gasteiger partial charge in [0.2, 0.25) is 0 Å². The predicted octanol–water partition coefficient (Wildman–Crippen LogP) is 2.96. The van der Waals surface area contributed by atoms with E-state index in [-0.39, 0.29) is 5.91 Å². The minimum atomic E-state index is -0.680. The van der Waals surface area contributed by atoms with E-state index < -0.39 is 5.60 Å². The smallest absolute Gasteiger partial charge is 0.261 e. The van der Waals surface area contributed by atoms with Gasteiger partial charge < -0.3 is 10.4 Å². The summed E-state index contributed by atoms with van der Waals surface area (Å²) < 4.78 is 0. The van der Waals surface area contributed by atoms with E-state index in [2.05, 4.69) is 5.32 Å². The lowest BCUT2D eigenvalue weighted by atomic mass is 9.85. The Labute approximate surface area is 128 Å². The number of carbonyl (C=O) groups excluding carboxylic acids is 1. The van der Waals surface area contributed by atoms with Crippen LogP contribution >= 0.6 is 23.1 Å². The molecule has 2 heterocycles. The number of thioether (sulfide) groups is 1. The third-order valence-corrected chi connectivity index (χ3v) is 6.46. The SMILES string of the molecule is O=C(NCC1(O)CCCCC1)c1cc2c(s1)CCSC2. The van der Waals surface area contributed by atoms with Gasteiger partial charge in [0.05, 0.1) is 10.5 Å². The first-order chi connectivity index (χ1) is 9.66. The molecule has 1 saturated carbocycles. The predicted molar refractivity (Wildman–Crippen MR) is 84.6 cm³/mol. The average Bonchev–Trinajstić information content (AvgIpc) is 2.89. The summed E-state index contributed by atoms with van der Waals surface area (Å²) in [5, 5.41) is 13.3. The van der Waals surface area contributed by atoms with Gasteiger partial charge in [-0.05, 0) is 36.6 Å². The van der Waals surface area contributed by atoms with Crippen LogP contribution in [0.5, 0.6) is 0 Å². The Balaban J connectivity index is 1.60. The second-order valence-corrected chi connectivity index (χ2v) is 8.07. The Morgan fingerprint density at radius 3 is 2.90 bits per heavy atom. The first-order valence-electron chi connectivity index (χ1n) is 7.36. The number of aryl methyl sites for hydroxylation is 1. The Morgan fingerprint density at radius 1 is 1.35 bits per heavy atom. The molecule has 1 amide bonds. The number of amides is 1.